The second kappa shape index (κ2) is 4.03. The second-order valence-corrected chi connectivity index (χ2v) is 5.01. The van der Waals surface area contributed by atoms with Gasteiger partial charge in [0.2, 0.25) is 0 Å². The molecule has 0 saturated carbocycles. The molecule has 1 nitrogen and oxygen atoms in total. The van der Waals surface area contributed by atoms with Gasteiger partial charge >= 0.3 is 0 Å². The predicted molar refractivity (Wildman–Crippen MR) is 63.6 cm³/mol. The second-order valence-electron chi connectivity index (χ2n) is 4.15. The Kier molecular flexibility index (Phi) is 2.93. The van der Waals surface area contributed by atoms with E-state index in [9.17, 15) is 0 Å². The zero-order valence-corrected chi connectivity index (χ0v) is 10.0. The van der Waals surface area contributed by atoms with Crippen molar-refractivity contribution in [3.8, 4) is 0 Å². The highest BCUT2D eigenvalue weighted by atomic mass is 79.9. The highest BCUT2D eigenvalue weighted by Gasteiger charge is 2.28. The quantitative estimate of drug-likeness (QED) is 0.860. The van der Waals surface area contributed by atoms with Crippen LogP contribution in [-0.2, 0) is 0 Å². The number of fused-ring (bicyclic) bond motifs is 1. The molecule has 2 heteroatoms. The third-order valence-electron chi connectivity index (χ3n) is 3.17. The lowest BCUT2D eigenvalue weighted by Gasteiger charge is -2.09. The Morgan fingerprint density at radius 3 is 3.00 bits per heavy atom. The van der Waals surface area contributed by atoms with Crippen LogP contribution in [0.15, 0.2) is 22.7 Å². The molecule has 1 aliphatic carbocycles. The molecule has 0 heterocycles. The van der Waals surface area contributed by atoms with Gasteiger partial charge in [0.1, 0.15) is 0 Å². The summed E-state index contributed by atoms with van der Waals surface area (Å²) in [7, 11) is 0. The van der Waals surface area contributed by atoms with Crippen molar-refractivity contribution >= 4 is 15.9 Å². The van der Waals surface area contributed by atoms with Gasteiger partial charge in [0.25, 0.3) is 0 Å². The molecule has 76 valence electrons. The van der Waals surface area contributed by atoms with Crippen LogP contribution in [0.5, 0.6) is 0 Å². The minimum Gasteiger partial charge on any atom is -0.330 e. The Bertz CT molecular complexity index is 335. The van der Waals surface area contributed by atoms with E-state index in [1.807, 2.05) is 0 Å². The summed E-state index contributed by atoms with van der Waals surface area (Å²) in [5.41, 5.74) is 8.65. The number of hydrogen-bond donors (Lipinski definition) is 1. The van der Waals surface area contributed by atoms with Crippen molar-refractivity contribution < 1.29 is 0 Å². The molecule has 1 aliphatic rings. The SMILES string of the molecule is CC1CC(CCN)c2cccc(Br)c21. The standard InChI is InChI=1S/C12H16BrN/c1-8-7-9(5-6-14)10-3-2-4-11(13)12(8)10/h2-4,8-9H,5-7,14H2,1H3. The molecule has 14 heavy (non-hydrogen) atoms. The highest BCUT2D eigenvalue weighted by Crippen LogP contribution is 2.45. The van der Waals surface area contributed by atoms with Gasteiger partial charge in [0.15, 0.2) is 0 Å². The van der Waals surface area contributed by atoms with E-state index < -0.39 is 0 Å². The molecule has 0 spiro atoms. The topological polar surface area (TPSA) is 26.0 Å². The maximum atomic E-state index is 5.64. The first kappa shape index (κ1) is 10.2. The summed E-state index contributed by atoms with van der Waals surface area (Å²) in [5.74, 6) is 1.36. The lowest BCUT2D eigenvalue weighted by atomic mass is 9.98. The molecule has 2 unspecified atom stereocenters. The molecule has 0 aliphatic heterocycles. The molecule has 0 fully saturated rings. The van der Waals surface area contributed by atoms with Crippen molar-refractivity contribution in [2.75, 3.05) is 6.54 Å². The van der Waals surface area contributed by atoms with Gasteiger partial charge in [-0.15, -0.1) is 0 Å². The molecule has 0 aromatic heterocycles. The number of rotatable bonds is 2. The summed E-state index contributed by atoms with van der Waals surface area (Å²) >= 11 is 3.64. The zero-order chi connectivity index (χ0) is 10.1. The number of halogens is 1. The first-order valence-electron chi connectivity index (χ1n) is 5.22. The van der Waals surface area contributed by atoms with Crippen LogP contribution >= 0.6 is 15.9 Å². The molecule has 1 aromatic rings. The molecule has 2 rings (SSSR count). The van der Waals surface area contributed by atoms with Crippen LogP contribution < -0.4 is 5.73 Å². The third-order valence-corrected chi connectivity index (χ3v) is 3.86. The van der Waals surface area contributed by atoms with E-state index >= 15 is 0 Å². The summed E-state index contributed by atoms with van der Waals surface area (Å²) in [6.07, 6.45) is 2.38. The number of hydrogen-bond acceptors (Lipinski definition) is 1. The van der Waals surface area contributed by atoms with Gasteiger partial charge in [0.05, 0.1) is 0 Å². The average molecular weight is 254 g/mol. The van der Waals surface area contributed by atoms with Gasteiger partial charge < -0.3 is 5.73 Å². The average Bonchev–Trinajstić information content (AvgIpc) is 2.46. The van der Waals surface area contributed by atoms with Crippen molar-refractivity contribution in [3.05, 3.63) is 33.8 Å². The highest BCUT2D eigenvalue weighted by molar-refractivity contribution is 9.10. The summed E-state index contributed by atoms with van der Waals surface area (Å²) in [4.78, 5) is 0. The Hall–Kier alpha value is -0.340. The molecule has 0 amide bonds. The van der Waals surface area contributed by atoms with E-state index in [4.69, 9.17) is 5.73 Å². The van der Waals surface area contributed by atoms with Gasteiger partial charge in [-0.3, -0.25) is 0 Å². The Morgan fingerprint density at radius 2 is 2.29 bits per heavy atom. The molecule has 2 N–H and O–H groups in total. The van der Waals surface area contributed by atoms with Crippen molar-refractivity contribution in [2.24, 2.45) is 5.73 Å². The molecule has 0 bridgehead atoms. The van der Waals surface area contributed by atoms with Gasteiger partial charge in [0, 0.05) is 4.47 Å². The number of nitrogens with two attached hydrogens (primary N) is 1. The van der Waals surface area contributed by atoms with Gasteiger partial charge in [-0.1, -0.05) is 35.0 Å². The Balaban J connectivity index is 2.39. The summed E-state index contributed by atoms with van der Waals surface area (Å²) in [5, 5.41) is 0. The fourth-order valence-corrected chi connectivity index (χ4v) is 3.35. The third kappa shape index (κ3) is 1.61. The molecule has 2 atom stereocenters. The molecule has 0 saturated heterocycles. The fourth-order valence-electron chi connectivity index (χ4n) is 2.58. The maximum Gasteiger partial charge on any atom is 0.0212 e. The molecule has 1 aromatic carbocycles. The fraction of sp³-hybridized carbons (Fsp3) is 0.500. The zero-order valence-electron chi connectivity index (χ0n) is 8.46. The first-order chi connectivity index (χ1) is 6.74. The smallest absolute Gasteiger partial charge is 0.0212 e. The number of benzene rings is 1. The minimum absolute atomic E-state index is 0.678. The van der Waals surface area contributed by atoms with Crippen molar-refractivity contribution in [3.63, 3.8) is 0 Å². The van der Waals surface area contributed by atoms with E-state index in [1.54, 1.807) is 0 Å². The van der Waals surface area contributed by atoms with Crippen molar-refractivity contribution in [1.82, 2.24) is 0 Å². The van der Waals surface area contributed by atoms with Gasteiger partial charge in [-0.05, 0) is 48.4 Å². The predicted octanol–water partition coefficient (Wildman–Crippen LogP) is 3.39. The maximum absolute atomic E-state index is 5.64. The summed E-state index contributed by atoms with van der Waals surface area (Å²) < 4.78 is 1.27. The van der Waals surface area contributed by atoms with Crippen LogP contribution in [0.3, 0.4) is 0 Å². The Labute approximate surface area is 93.8 Å². The summed E-state index contributed by atoms with van der Waals surface area (Å²) in [6.45, 7) is 3.10. The summed E-state index contributed by atoms with van der Waals surface area (Å²) in [6, 6.07) is 6.52. The van der Waals surface area contributed by atoms with E-state index in [1.165, 1.54) is 22.0 Å². The lowest BCUT2D eigenvalue weighted by Crippen LogP contribution is -2.04. The van der Waals surface area contributed by atoms with E-state index in [-0.39, 0.29) is 0 Å². The molecule has 0 radical (unpaired) electrons. The molecular formula is C12H16BrN. The van der Waals surface area contributed by atoms with Crippen LogP contribution in [-0.4, -0.2) is 6.54 Å². The van der Waals surface area contributed by atoms with E-state index in [0.29, 0.717) is 11.8 Å². The molecular weight excluding hydrogens is 238 g/mol. The van der Waals surface area contributed by atoms with Crippen LogP contribution in [0.2, 0.25) is 0 Å². The monoisotopic (exact) mass is 253 g/mol. The van der Waals surface area contributed by atoms with E-state index in [0.717, 1.165) is 13.0 Å². The lowest BCUT2D eigenvalue weighted by molar-refractivity contribution is 0.584. The Morgan fingerprint density at radius 1 is 1.50 bits per heavy atom. The van der Waals surface area contributed by atoms with Crippen LogP contribution in [0, 0.1) is 0 Å². The van der Waals surface area contributed by atoms with E-state index in [2.05, 4.69) is 41.1 Å². The normalized spacial score (nSPS) is 25.1. The first-order valence-corrected chi connectivity index (χ1v) is 6.01. The van der Waals surface area contributed by atoms with Crippen LogP contribution in [0.4, 0.5) is 0 Å². The van der Waals surface area contributed by atoms with Crippen LogP contribution in [0.1, 0.15) is 42.7 Å². The van der Waals surface area contributed by atoms with Gasteiger partial charge in [-0.2, -0.15) is 0 Å². The van der Waals surface area contributed by atoms with Crippen molar-refractivity contribution in [2.45, 2.75) is 31.6 Å². The van der Waals surface area contributed by atoms with Crippen LogP contribution in [0.25, 0.3) is 0 Å². The van der Waals surface area contributed by atoms with Gasteiger partial charge in [-0.25, -0.2) is 0 Å². The van der Waals surface area contributed by atoms with Crippen molar-refractivity contribution in [1.29, 1.82) is 0 Å². The largest absolute Gasteiger partial charge is 0.330 e. The minimum atomic E-state index is 0.678.